The molecule has 0 aromatic rings. The smallest absolute Gasteiger partial charge is 0.0802 e. The number of β-amino-alcohol motifs (C(OH)–C–C–N with tert-alkyl or cyclic N) is 1. The summed E-state index contributed by atoms with van der Waals surface area (Å²) in [5.41, 5.74) is 0.683. The number of aliphatic hydroxyl groups excluding tert-OH is 1. The highest BCUT2D eigenvalue weighted by molar-refractivity contribution is 6.18. The maximum absolute atomic E-state index is 9.49. The lowest BCUT2D eigenvalue weighted by molar-refractivity contribution is 0.0678. The third kappa shape index (κ3) is 2.86. The molecule has 2 aliphatic rings. The summed E-state index contributed by atoms with van der Waals surface area (Å²) in [5.74, 6) is 0.363. The van der Waals surface area contributed by atoms with Gasteiger partial charge >= 0.3 is 0 Å². The highest BCUT2D eigenvalue weighted by atomic mass is 35.5. The first kappa shape index (κ1) is 11.7. The molecule has 0 radical (unpaired) electrons. The molecule has 2 rings (SSSR count). The van der Waals surface area contributed by atoms with Crippen LogP contribution in [0.5, 0.6) is 0 Å². The van der Waals surface area contributed by atoms with Gasteiger partial charge in [-0.1, -0.05) is 12.8 Å². The molecule has 0 aromatic heterocycles. The van der Waals surface area contributed by atoms with Gasteiger partial charge < -0.3 is 10.0 Å². The fraction of sp³-hybridized carbons (Fsp3) is 1.00. The Labute approximate surface area is 97.6 Å². The predicted molar refractivity (Wildman–Crippen MR) is 63.3 cm³/mol. The molecule has 1 aliphatic carbocycles. The SMILES string of the molecule is OC(CCl)CN1CCC2(CCCC2)CC1. The highest BCUT2D eigenvalue weighted by Crippen LogP contribution is 2.45. The Bertz CT molecular complexity index is 194. The zero-order valence-electron chi connectivity index (χ0n) is 9.42. The second-order valence-corrected chi connectivity index (χ2v) is 5.62. The van der Waals surface area contributed by atoms with Crippen molar-refractivity contribution in [2.24, 2.45) is 5.41 Å². The molecule has 88 valence electrons. The third-order valence-corrected chi connectivity index (χ3v) is 4.58. The molecule has 1 aliphatic heterocycles. The first-order chi connectivity index (χ1) is 7.24. The zero-order valence-corrected chi connectivity index (χ0v) is 10.2. The quantitative estimate of drug-likeness (QED) is 0.754. The Morgan fingerprint density at radius 2 is 1.73 bits per heavy atom. The van der Waals surface area contributed by atoms with Crippen LogP contribution in [0, 0.1) is 5.41 Å². The molecular formula is C12H22ClNO. The average molecular weight is 232 g/mol. The van der Waals surface area contributed by atoms with Gasteiger partial charge in [0.15, 0.2) is 0 Å². The molecule has 1 heterocycles. The zero-order chi connectivity index (χ0) is 10.7. The van der Waals surface area contributed by atoms with E-state index in [-0.39, 0.29) is 6.10 Å². The Balaban J connectivity index is 1.76. The Morgan fingerprint density at radius 1 is 1.13 bits per heavy atom. The van der Waals surface area contributed by atoms with Crippen LogP contribution in [0.1, 0.15) is 38.5 Å². The highest BCUT2D eigenvalue weighted by Gasteiger charge is 2.36. The van der Waals surface area contributed by atoms with Crippen LogP contribution in [0.3, 0.4) is 0 Å². The first-order valence-electron chi connectivity index (χ1n) is 6.20. The third-order valence-electron chi connectivity index (χ3n) is 4.23. The van der Waals surface area contributed by atoms with E-state index in [2.05, 4.69) is 4.90 Å². The Hall–Kier alpha value is 0.210. The van der Waals surface area contributed by atoms with Crippen LogP contribution >= 0.6 is 11.6 Å². The van der Waals surface area contributed by atoms with Crippen LogP contribution in [0.2, 0.25) is 0 Å². The molecule has 0 bridgehead atoms. The van der Waals surface area contributed by atoms with Gasteiger partial charge in [0.2, 0.25) is 0 Å². The second-order valence-electron chi connectivity index (χ2n) is 5.32. The number of aliphatic hydroxyl groups is 1. The van der Waals surface area contributed by atoms with Crippen LogP contribution in [0.4, 0.5) is 0 Å². The van der Waals surface area contributed by atoms with Crippen molar-refractivity contribution in [3.8, 4) is 0 Å². The predicted octanol–water partition coefficient (Wildman–Crippen LogP) is 2.24. The van der Waals surface area contributed by atoms with E-state index in [0.717, 1.165) is 19.6 Å². The van der Waals surface area contributed by atoms with Crippen LogP contribution in [-0.2, 0) is 0 Å². The molecule has 3 heteroatoms. The van der Waals surface area contributed by atoms with Gasteiger partial charge in [0.25, 0.3) is 0 Å². The number of halogens is 1. The van der Waals surface area contributed by atoms with Crippen molar-refractivity contribution in [1.29, 1.82) is 0 Å². The van der Waals surface area contributed by atoms with Crippen LogP contribution < -0.4 is 0 Å². The van der Waals surface area contributed by atoms with Crippen LogP contribution in [-0.4, -0.2) is 41.6 Å². The lowest BCUT2D eigenvalue weighted by Crippen LogP contribution is -2.42. The average Bonchev–Trinajstić information content (AvgIpc) is 2.70. The van der Waals surface area contributed by atoms with Crippen LogP contribution in [0.25, 0.3) is 0 Å². The normalized spacial score (nSPS) is 28.4. The van der Waals surface area contributed by atoms with E-state index < -0.39 is 0 Å². The molecule has 15 heavy (non-hydrogen) atoms. The molecule has 1 spiro atoms. The minimum atomic E-state index is -0.343. The van der Waals surface area contributed by atoms with Gasteiger partial charge in [-0.2, -0.15) is 0 Å². The van der Waals surface area contributed by atoms with Gasteiger partial charge in [0, 0.05) is 12.4 Å². The van der Waals surface area contributed by atoms with E-state index in [1.807, 2.05) is 0 Å². The fourth-order valence-electron chi connectivity index (χ4n) is 3.18. The number of rotatable bonds is 3. The van der Waals surface area contributed by atoms with Crippen molar-refractivity contribution < 1.29 is 5.11 Å². The van der Waals surface area contributed by atoms with Crippen LogP contribution in [0.15, 0.2) is 0 Å². The summed E-state index contributed by atoms with van der Waals surface area (Å²) in [5, 5.41) is 9.49. The fourth-order valence-corrected chi connectivity index (χ4v) is 3.28. The molecule has 1 N–H and O–H groups in total. The number of likely N-dealkylation sites (tertiary alicyclic amines) is 1. The van der Waals surface area contributed by atoms with Gasteiger partial charge in [-0.05, 0) is 44.2 Å². The van der Waals surface area contributed by atoms with Crippen molar-refractivity contribution in [2.75, 3.05) is 25.5 Å². The molecule has 0 aromatic carbocycles. The van der Waals surface area contributed by atoms with Crippen molar-refractivity contribution in [1.82, 2.24) is 4.90 Å². The minimum absolute atomic E-state index is 0.343. The van der Waals surface area contributed by atoms with E-state index in [4.69, 9.17) is 11.6 Å². The van der Waals surface area contributed by atoms with Gasteiger partial charge in [-0.25, -0.2) is 0 Å². The number of nitrogens with zero attached hydrogens (tertiary/aromatic N) is 1. The van der Waals surface area contributed by atoms with E-state index in [9.17, 15) is 5.11 Å². The molecule has 2 nitrogen and oxygen atoms in total. The van der Waals surface area contributed by atoms with Gasteiger partial charge in [-0.15, -0.1) is 11.6 Å². The number of alkyl halides is 1. The molecule has 1 saturated heterocycles. The monoisotopic (exact) mass is 231 g/mol. The first-order valence-corrected chi connectivity index (χ1v) is 6.74. The topological polar surface area (TPSA) is 23.5 Å². The van der Waals surface area contributed by atoms with E-state index in [0.29, 0.717) is 11.3 Å². The lowest BCUT2D eigenvalue weighted by atomic mass is 9.77. The maximum atomic E-state index is 9.49. The summed E-state index contributed by atoms with van der Waals surface area (Å²) < 4.78 is 0. The number of piperidine rings is 1. The van der Waals surface area contributed by atoms with Crippen molar-refractivity contribution >= 4 is 11.6 Å². The Morgan fingerprint density at radius 3 is 2.27 bits per heavy atom. The summed E-state index contributed by atoms with van der Waals surface area (Å²) in [6.45, 7) is 3.08. The molecule has 1 atom stereocenters. The minimum Gasteiger partial charge on any atom is -0.391 e. The van der Waals surface area contributed by atoms with Crippen molar-refractivity contribution in [2.45, 2.75) is 44.6 Å². The van der Waals surface area contributed by atoms with Gasteiger partial charge in [-0.3, -0.25) is 0 Å². The molecule has 0 amide bonds. The largest absolute Gasteiger partial charge is 0.391 e. The standard InChI is InChI=1S/C12H22ClNO/c13-9-11(15)10-14-7-5-12(6-8-14)3-1-2-4-12/h11,15H,1-10H2. The number of hydrogen-bond acceptors (Lipinski definition) is 2. The second kappa shape index (κ2) is 5.03. The van der Waals surface area contributed by atoms with Crippen molar-refractivity contribution in [3.63, 3.8) is 0 Å². The van der Waals surface area contributed by atoms with E-state index in [1.54, 1.807) is 0 Å². The maximum Gasteiger partial charge on any atom is 0.0802 e. The molecule has 1 unspecified atom stereocenters. The molecular weight excluding hydrogens is 210 g/mol. The lowest BCUT2D eigenvalue weighted by Gasteiger charge is -2.39. The van der Waals surface area contributed by atoms with E-state index >= 15 is 0 Å². The molecule has 1 saturated carbocycles. The molecule has 2 fully saturated rings. The van der Waals surface area contributed by atoms with Gasteiger partial charge in [0.05, 0.1) is 6.10 Å². The summed E-state index contributed by atoms with van der Waals surface area (Å²) >= 11 is 5.62. The van der Waals surface area contributed by atoms with Crippen molar-refractivity contribution in [3.05, 3.63) is 0 Å². The van der Waals surface area contributed by atoms with E-state index in [1.165, 1.54) is 38.5 Å². The Kier molecular flexibility index (Phi) is 3.92. The summed E-state index contributed by atoms with van der Waals surface area (Å²) in [6, 6.07) is 0. The number of hydrogen-bond donors (Lipinski definition) is 1. The summed E-state index contributed by atoms with van der Waals surface area (Å²) in [6.07, 6.45) is 8.08. The summed E-state index contributed by atoms with van der Waals surface area (Å²) in [4.78, 5) is 2.37. The van der Waals surface area contributed by atoms with Gasteiger partial charge in [0.1, 0.15) is 0 Å². The summed E-state index contributed by atoms with van der Waals surface area (Å²) in [7, 11) is 0.